The molecule has 3 fully saturated rings. The lowest BCUT2D eigenvalue weighted by atomic mass is 9.63. The van der Waals surface area contributed by atoms with Crippen LogP contribution in [-0.2, 0) is 14.4 Å². The number of nitrogens with zero attached hydrogens (tertiary/aromatic N) is 1. The average Bonchev–Trinajstić information content (AvgIpc) is 3.50. The highest BCUT2D eigenvalue weighted by Crippen LogP contribution is 2.65. The summed E-state index contributed by atoms with van der Waals surface area (Å²) in [4.78, 5) is 39.7. The second-order valence-corrected chi connectivity index (χ2v) is 9.61. The van der Waals surface area contributed by atoms with Crippen LogP contribution < -0.4 is 5.32 Å². The first-order valence-corrected chi connectivity index (χ1v) is 11.4. The number of rotatable bonds is 7. The lowest BCUT2D eigenvalue weighted by Crippen LogP contribution is -2.40. The van der Waals surface area contributed by atoms with E-state index in [4.69, 9.17) is 0 Å². The minimum atomic E-state index is -0.0978. The number of imide groups is 1. The molecule has 5 nitrogen and oxygen atoms in total. The molecule has 5 aliphatic rings. The van der Waals surface area contributed by atoms with Gasteiger partial charge in [0.1, 0.15) is 0 Å². The quantitative estimate of drug-likeness (QED) is 0.425. The summed E-state index contributed by atoms with van der Waals surface area (Å²) in [6.45, 7) is 4.49. The highest BCUT2D eigenvalue weighted by molar-refractivity contribution is 6.06. The van der Waals surface area contributed by atoms with Crippen molar-refractivity contribution in [3.63, 3.8) is 0 Å². The molecule has 4 aliphatic carbocycles. The molecule has 6 rings (SSSR count). The first-order chi connectivity index (χ1) is 14.5. The zero-order valence-electron chi connectivity index (χ0n) is 17.8. The SMILES string of the molecule is Cc1cccc(C)c1NC(=O)CCCCCN1C(=O)C2C3C=CC(C4CC34)C2C1=O. The van der Waals surface area contributed by atoms with E-state index in [-0.39, 0.29) is 29.6 Å². The summed E-state index contributed by atoms with van der Waals surface area (Å²) in [5.74, 6) is 1.82. The lowest BCUT2D eigenvalue weighted by molar-refractivity contribution is -0.140. The fourth-order valence-electron chi connectivity index (χ4n) is 6.18. The maximum absolute atomic E-state index is 13.0. The Morgan fingerprint density at radius 3 is 2.17 bits per heavy atom. The second-order valence-electron chi connectivity index (χ2n) is 9.61. The number of nitrogens with one attached hydrogen (secondary N) is 1. The van der Waals surface area contributed by atoms with E-state index >= 15 is 0 Å². The van der Waals surface area contributed by atoms with Crippen molar-refractivity contribution in [1.29, 1.82) is 0 Å². The Morgan fingerprint density at radius 2 is 1.57 bits per heavy atom. The van der Waals surface area contributed by atoms with Gasteiger partial charge in [0.05, 0.1) is 11.8 Å². The molecule has 2 bridgehead atoms. The molecule has 0 spiro atoms. The summed E-state index contributed by atoms with van der Waals surface area (Å²) < 4.78 is 0. The number of likely N-dealkylation sites (tertiary alicyclic amines) is 1. The van der Waals surface area contributed by atoms with Gasteiger partial charge in [-0.05, 0) is 67.9 Å². The van der Waals surface area contributed by atoms with Crippen molar-refractivity contribution in [3.8, 4) is 0 Å². The largest absolute Gasteiger partial charge is 0.326 e. The third kappa shape index (κ3) is 3.10. The summed E-state index contributed by atoms with van der Waals surface area (Å²) in [6, 6.07) is 5.98. The molecule has 1 aromatic carbocycles. The number of carbonyl (C=O) groups is 3. The normalized spacial score (nSPS) is 32.9. The zero-order valence-corrected chi connectivity index (χ0v) is 17.8. The van der Waals surface area contributed by atoms with Crippen LogP contribution in [0.4, 0.5) is 5.69 Å². The van der Waals surface area contributed by atoms with Gasteiger partial charge in [0.15, 0.2) is 0 Å². The van der Waals surface area contributed by atoms with E-state index in [1.54, 1.807) is 0 Å². The predicted molar refractivity (Wildman–Crippen MR) is 114 cm³/mol. The molecule has 1 aromatic rings. The molecule has 5 heteroatoms. The van der Waals surface area contributed by atoms with Crippen molar-refractivity contribution >= 4 is 23.4 Å². The van der Waals surface area contributed by atoms with Gasteiger partial charge in [-0.2, -0.15) is 0 Å². The van der Waals surface area contributed by atoms with Gasteiger partial charge in [-0.3, -0.25) is 19.3 Å². The monoisotopic (exact) mass is 406 g/mol. The molecule has 0 radical (unpaired) electrons. The standard InChI is InChI=1S/C25H30N2O3/c1-14-7-6-8-15(2)23(14)26-20(28)9-4-3-5-12-27-24(29)21-16-10-11-17(19-13-18(16)19)22(21)25(27)30/h6-8,10-11,16-19,21-22H,3-5,9,12-13H2,1-2H3,(H,26,28). The molecule has 1 saturated heterocycles. The van der Waals surface area contributed by atoms with E-state index in [1.807, 2.05) is 32.0 Å². The summed E-state index contributed by atoms with van der Waals surface area (Å²) in [5.41, 5.74) is 3.04. The van der Waals surface area contributed by atoms with E-state index in [0.29, 0.717) is 36.6 Å². The summed E-state index contributed by atoms with van der Waals surface area (Å²) in [5, 5.41) is 3.02. The molecule has 2 saturated carbocycles. The van der Waals surface area contributed by atoms with E-state index in [2.05, 4.69) is 17.5 Å². The summed E-state index contributed by atoms with van der Waals surface area (Å²) >= 11 is 0. The van der Waals surface area contributed by atoms with Crippen molar-refractivity contribution in [2.45, 2.75) is 46.0 Å². The number of anilines is 1. The molecule has 1 aliphatic heterocycles. The molecule has 30 heavy (non-hydrogen) atoms. The van der Waals surface area contributed by atoms with Crippen molar-refractivity contribution in [2.75, 3.05) is 11.9 Å². The second kappa shape index (κ2) is 7.36. The zero-order chi connectivity index (χ0) is 21.0. The minimum absolute atomic E-state index is 0.0219. The fourth-order valence-corrected chi connectivity index (χ4v) is 6.18. The fraction of sp³-hybridized carbons (Fsp3) is 0.560. The molecule has 158 valence electrons. The van der Waals surface area contributed by atoms with Crippen LogP contribution in [0.2, 0.25) is 0 Å². The van der Waals surface area contributed by atoms with Gasteiger partial charge in [0, 0.05) is 18.7 Å². The van der Waals surface area contributed by atoms with Crippen LogP contribution in [0.1, 0.15) is 43.2 Å². The van der Waals surface area contributed by atoms with Crippen LogP contribution in [0.25, 0.3) is 0 Å². The highest BCUT2D eigenvalue weighted by atomic mass is 16.2. The molecular formula is C25H30N2O3. The van der Waals surface area contributed by atoms with Crippen LogP contribution >= 0.6 is 0 Å². The smallest absolute Gasteiger partial charge is 0.233 e. The number of hydrogen-bond donors (Lipinski definition) is 1. The number of carbonyl (C=O) groups excluding carboxylic acids is 3. The van der Waals surface area contributed by atoms with Gasteiger partial charge < -0.3 is 5.32 Å². The molecular weight excluding hydrogens is 376 g/mol. The summed E-state index contributed by atoms with van der Waals surface area (Å²) in [6.07, 6.45) is 8.44. The maximum Gasteiger partial charge on any atom is 0.233 e. The molecule has 3 amide bonds. The van der Waals surface area contributed by atoms with Crippen molar-refractivity contribution in [3.05, 3.63) is 41.5 Å². The van der Waals surface area contributed by atoms with Gasteiger partial charge in [-0.25, -0.2) is 0 Å². The van der Waals surface area contributed by atoms with Crippen LogP contribution in [-0.4, -0.2) is 29.2 Å². The van der Waals surface area contributed by atoms with Gasteiger partial charge in [0.25, 0.3) is 0 Å². The van der Waals surface area contributed by atoms with E-state index in [1.165, 1.54) is 11.3 Å². The Bertz CT molecular complexity index is 880. The number of para-hydroxylation sites is 1. The number of allylic oxidation sites excluding steroid dienone is 2. The van der Waals surface area contributed by atoms with E-state index in [0.717, 1.165) is 36.1 Å². The van der Waals surface area contributed by atoms with Gasteiger partial charge in [-0.1, -0.05) is 36.8 Å². The van der Waals surface area contributed by atoms with Gasteiger partial charge >= 0.3 is 0 Å². The topological polar surface area (TPSA) is 66.5 Å². The third-order valence-corrected chi connectivity index (χ3v) is 7.79. The Kier molecular flexibility index (Phi) is 4.79. The lowest BCUT2D eigenvalue weighted by Gasteiger charge is -2.37. The maximum atomic E-state index is 13.0. The van der Waals surface area contributed by atoms with Crippen molar-refractivity contribution in [1.82, 2.24) is 4.90 Å². The number of unbranched alkanes of at least 4 members (excludes halogenated alkanes) is 2. The van der Waals surface area contributed by atoms with E-state index < -0.39 is 0 Å². The Morgan fingerprint density at radius 1 is 0.967 bits per heavy atom. The van der Waals surface area contributed by atoms with Crippen molar-refractivity contribution < 1.29 is 14.4 Å². The van der Waals surface area contributed by atoms with Crippen molar-refractivity contribution in [2.24, 2.45) is 35.5 Å². The van der Waals surface area contributed by atoms with E-state index in [9.17, 15) is 14.4 Å². The number of amides is 3. The van der Waals surface area contributed by atoms with Gasteiger partial charge in [-0.15, -0.1) is 0 Å². The molecule has 6 atom stereocenters. The first-order valence-electron chi connectivity index (χ1n) is 11.4. The summed E-state index contributed by atoms with van der Waals surface area (Å²) in [7, 11) is 0. The predicted octanol–water partition coefficient (Wildman–Crippen LogP) is 3.86. The number of aryl methyl sites for hydroxylation is 2. The molecule has 1 heterocycles. The molecule has 6 unspecified atom stereocenters. The van der Waals surface area contributed by atoms with Crippen LogP contribution in [0.5, 0.6) is 0 Å². The minimum Gasteiger partial charge on any atom is -0.326 e. The van der Waals surface area contributed by atoms with Gasteiger partial charge in [0.2, 0.25) is 17.7 Å². The first kappa shape index (κ1) is 19.5. The number of hydrogen-bond acceptors (Lipinski definition) is 3. The Balaban J connectivity index is 1.09. The third-order valence-electron chi connectivity index (χ3n) is 7.79. The number of benzene rings is 1. The van der Waals surface area contributed by atoms with Crippen LogP contribution in [0.3, 0.4) is 0 Å². The highest BCUT2D eigenvalue weighted by Gasteiger charge is 2.66. The van der Waals surface area contributed by atoms with Crippen LogP contribution in [0, 0.1) is 49.4 Å². The molecule has 1 N–H and O–H groups in total. The molecule has 0 aromatic heterocycles. The van der Waals surface area contributed by atoms with Crippen LogP contribution in [0.15, 0.2) is 30.4 Å². The average molecular weight is 407 g/mol. The Labute approximate surface area is 177 Å². The Hall–Kier alpha value is -2.43.